The van der Waals surface area contributed by atoms with Gasteiger partial charge in [-0.2, -0.15) is 0 Å². The van der Waals surface area contributed by atoms with Gasteiger partial charge in [0.15, 0.2) is 0 Å². The molecule has 5 aromatic carbocycles. The molecule has 218 valence electrons. The minimum atomic E-state index is -0.981. The van der Waals surface area contributed by atoms with Crippen LogP contribution in [-0.2, 0) is 13.1 Å². The maximum atomic E-state index is 12.5. The summed E-state index contributed by atoms with van der Waals surface area (Å²) < 4.78 is 7.55. The molecule has 6 nitrogen and oxygen atoms in total. The summed E-state index contributed by atoms with van der Waals surface area (Å²) in [4.78, 5) is 17.7. The Morgan fingerprint density at radius 3 is 2.07 bits per heavy atom. The number of nitrogens with zero attached hydrogens (tertiary/aromatic N) is 2. The molecule has 0 amide bonds. The second-order valence-electron chi connectivity index (χ2n) is 10.4. The topological polar surface area (TPSA) is 90.4 Å². The average Bonchev–Trinajstić information content (AvgIpc) is 3.44. The summed E-state index contributed by atoms with van der Waals surface area (Å²) in [6.07, 6.45) is 0. The Labute approximate surface area is 261 Å². The van der Waals surface area contributed by atoms with Crippen molar-refractivity contribution in [3.05, 3.63) is 143 Å². The fraction of sp³-hybridized carbons (Fsp3) is 0.0811. The van der Waals surface area contributed by atoms with Gasteiger partial charge in [0, 0.05) is 34.8 Å². The first-order valence-corrected chi connectivity index (χ1v) is 14.5. The highest BCUT2D eigenvalue weighted by Gasteiger charge is 2.23. The number of benzene rings is 5. The lowest BCUT2D eigenvalue weighted by Crippen LogP contribution is -2.07. The number of carboxylic acid groups (broad SMARTS) is 1. The van der Waals surface area contributed by atoms with E-state index in [9.17, 15) is 9.90 Å². The summed E-state index contributed by atoms with van der Waals surface area (Å²) in [5, 5.41) is 10.8. The normalized spacial score (nSPS) is 11.0. The van der Waals surface area contributed by atoms with Crippen LogP contribution in [0, 0.1) is 0 Å². The SMILES string of the molecule is COc1ccc(-c2nc(-c3ccc(CN)cc3)c(-c3ccc(Cl)cc3)n2Cc2ccc(-c3ccccc3)c(C(=O)O)c2)cc1. The summed E-state index contributed by atoms with van der Waals surface area (Å²) in [5.41, 5.74) is 13.9. The van der Waals surface area contributed by atoms with E-state index in [0.717, 1.165) is 56.3 Å². The van der Waals surface area contributed by atoms with Crippen LogP contribution in [0.2, 0.25) is 5.02 Å². The maximum absolute atomic E-state index is 12.5. The van der Waals surface area contributed by atoms with Gasteiger partial charge in [0.2, 0.25) is 0 Å². The molecule has 0 saturated carbocycles. The fourth-order valence-corrected chi connectivity index (χ4v) is 5.51. The number of carboxylic acids is 1. The number of rotatable bonds is 9. The van der Waals surface area contributed by atoms with Gasteiger partial charge in [-0.1, -0.05) is 90.5 Å². The first-order chi connectivity index (χ1) is 21.4. The maximum Gasteiger partial charge on any atom is 0.336 e. The average molecular weight is 600 g/mol. The van der Waals surface area contributed by atoms with Gasteiger partial charge in [-0.3, -0.25) is 0 Å². The van der Waals surface area contributed by atoms with Crippen molar-refractivity contribution in [2.75, 3.05) is 7.11 Å². The number of methoxy groups -OCH3 is 1. The molecule has 0 fully saturated rings. The summed E-state index contributed by atoms with van der Waals surface area (Å²) in [7, 11) is 1.64. The van der Waals surface area contributed by atoms with Gasteiger partial charge in [0.25, 0.3) is 0 Å². The number of nitrogens with two attached hydrogens (primary N) is 1. The Morgan fingerprint density at radius 2 is 1.43 bits per heavy atom. The van der Waals surface area contributed by atoms with E-state index in [0.29, 0.717) is 23.7 Å². The number of aromatic nitrogens is 2. The number of aromatic carboxylic acids is 1. The van der Waals surface area contributed by atoms with Crippen molar-refractivity contribution in [1.29, 1.82) is 0 Å². The summed E-state index contributed by atoms with van der Waals surface area (Å²) in [5.74, 6) is 0.495. The number of halogens is 1. The van der Waals surface area contributed by atoms with Crippen LogP contribution >= 0.6 is 11.6 Å². The predicted molar refractivity (Wildman–Crippen MR) is 176 cm³/mol. The molecule has 6 aromatic rings. The molecule has 6 rings (SSSR count). The minimum absolute atomic E-state index is 0.241. The lowest BCUT2D eigenvalue weighted by atomic mass is 9.97. The summed E-state index contributed by atoms with van der Waals surface area (Å²) in [6.45, 7) is 0.823. The van der Waals surface area contributed by atoms with Crippen LogP contribution in [0.1, 0.15) is 21.5 Å². The van der Waals surface area contributed by atoms with Gasteiger partial charge >= 0.3 is 5.97 Å². The quantitative estimate of drug-likeness (QED) is 0.174. The molecule has 0 bridgehead atoms. The monoisotopic (exact) mass is 599 g/mol. The highest BCUT2D eigenvalue weighted by atomic mass is 35.5. The molecule has 0 atom stereocenters. The van der Waals surface area contributed by atoms with Crippen LogP contribution in [0.15, 0.2) is 121 Å². The van der Waals surface area contributed by atoms with E-state index in [-0.39, 0.29) is 5.56 Å². The zero-order valence-corrected chi connectivity index (χ0v) is 24.8. The van der Waals surface area contributed by atoms with Crippen molar-refractivity contribution >= 4 is 17.6 Å². The molecule has 1 aromatic heterocycles. The zero-order valence-electron chi connectivity index (χ0n) is 24.1. The molecular weight excluding hydrogens is 570 g/mol. The highest BCUT2D eigenvalue weighted by molar-refractivity contribution is 6.30. The Balaban J connectivity index is 1.57. The third-order valence-electron chi connectivity index (χ3n) is 7.64. The molecule has 44 heavy (non-hydrogen) atoms. The fourth-order valence-electron chi connectivity index (χ4n) is 5.39. The molecule has 0 saturated heterocycles. The molecule has 3 N–H and O–H groups in total. The molecule has 0 radical (unpaired) electrons. The second kappa shape index (κ2) is 12.6. The van der Waals surface area contributed by atoms with Crippen molar-refractivity contribution in [1.82, 2.24) is 9.55 Å². The number of carbonyl (C=O) groups is 1. The van der Waals surface area contributed by atoms with E-state index in [2.05, 4.69) is 4.57 Å². The number of imidazole rings is 1. The molecule has 1 heterocycles. The second-order valence-corrected chi connectivity index (χ2v) is 10.8. The van der Waals surface area contributed by atoms with Gasteiger partial charge in [-0.05, 0) is 64.7 Å². The third kappa shape index (κ3) is 5.86. The minimum Gasteiger partial charge on any atom is -0.497 e. The zero-order chi connectivity index (χ0) is 30.6. The van der Waals surface area contributed by atoms with Gasteiger partial charge < -0.3 is 20.1 Å². The van der Waals surface area contributed by atoms with E-state index in [1.807, 2.05) is 115 Å². The van der Waals surface area contributed by atoms with Gasteiger partial charge in [-0.15, -0.1) is 0 Å². The van der Waals surface area contributed by atoms with Crippen molar-refractivity contribution in [2.45, 2.75) is 13.1 Å². The molecule has 0 aliphatic heterocycles. The van der Waals surface area contributed by atoms with Gasteiger partial charge in [0.1, 0.15) is 11.6 Å². The number of hydrogen-bond donors (Lipinski definition) is 2. The largest absolute Gasteiger partial charge is 0.497 e. The molecule has 7 heteroatoms. The van der Waals surface area contributed by atoms with Crippen LogP contribution < -0.4 is 10.5 Å². The standard InChI is InChI=1S/C37H30ClN3O3/c1-44-31-18-14-29(15-19-31)36-40-34(27-10-7-24(22-39)8-11-27)35(28-12-16-30(38)17-13-28)41(36)23-25-9-20-32(33(21-25)37(42)43)26-5-3-2-4-6-26/h2-21H,22-23,39H2,1H3,(H,42,43). The lowest BCUT2D eigenvalue weighted by Gasteiger charge is -2.16. The van der Waals surface area contributed by atoms with E-state index >= 15 is 0 Å². The van der Waals surface area contributed by atoms with Crippen molar-refractivity contribution in [3.63, 3.8) is 0 Å². The van der Waals surface area contributed by atoms with E-state index in [1.165, 1.54) is 0 Å². The van der Waals surface area contributed by atoms with Crippen LogP contribution in [0.4, 0.5) is 0 Å². The number of ether oxygens (including phenoxy) is 1. The smallest absolute Gasteiger partial charge is 0.336 e. The van der Waals surface area contributed by atoms with E-state index < -0.39 is 5.97 Å². The first kappa shape index (κ1) is 28.9. The van der Waals surface area contributed by atoms with Crippen LogP contribution in [0.3, 0.4) is 0 Å². The lowest BCUT2D eigenvalue weighted by molar-refractivity contribution is 0.0697. The van der Waals surface area contributed by atoms with Crippen LogP contribution in [-0.4, -0.2) is 27.7 Å². The Hall–Kier alpha value is -5.17. The van der Waals surface area contributed by atoms with Crippen LogP contribution in [0.25, 0.3) is 45.0 Å². The van der Waals surface area contributed by atoms with Crippen molar-refractivity contribution in [2.24, 2.45) is 5.73 Å². The van der Waals surface area contributed by atoms with Crippen molar-refractivity contribution in [3.8, 4) is 50.8 Å². The van der Waals surface area contributed by atoms with Crippen molar-refractivity contribution < 1.29 is 14.6 Å². The van der Waals surface area contributed by atoms with Crippen LogP contribution in [0.5, 0.6) is 5.75 Å². The molecule has 0 aliphatic rings. The molecule has 0 aliphatic carbocycles. The highest BCUT2D eigenvalue weighted by Crippen LogP contribution is 2.38. The molecule has 0 unspecified atom stereocenters. The Kier molecular flexibility index (Phi) is 8.28. The molecular formula is C37H30ClN3O3. The Bertz CT molecular complexity index is 1920. The van der Waals surface area contributed by atoms with Gasteiger partial charge in [0.05, 0.1) is 24.1 Å². The Morgan fingerprint density at radius 1 is 0.795 bits per heavy atom. The van der Waals surface area contributed by atoms with Gasteiger partial charge in [-0.25, -0.2) is 9.78 Å². The molecule has 0 spiro atoms. The predicted octanol–water partition coefficient (Wildman–Crippen LogP) is 8.42. The van der Waals surface area contributed by atoms with E-state index in [4.69, 9.17) is 27.1 Å². The van der Waals surface area contributed by atoms with E-state index in [1.54, 1.807) is 13.2 Å². The summed E-state index contributed by atoms with van der Waals surface area (Å²) in [6, 6.07) is 38.7. The summed E-state index contributed by atoms with van der Waals surface area (Å²) >= 11 is 6.30. The first-order valence-electron chi connectivity index (χ1n) is 14.2. The third-order valence-corrected chi connectivity index (χ3v) is 7.89. The number of hydrogen-bond acceptors (Lipinski definition) is 4.